The number of hydrogen-bond donors (Lipinski definition) is 0. The lowest BCUT2D eigenvalue weighted by Crippen LogP contribution is -2.67. The van der Waals surface area contributed by atoms with Crippen molar-refractivity contribution in [3.8, 4) is 0 Å². The van der Waals surface area contributed by atoms with Crippen LogP contribution >= 0.6 is 0 Å². The second kappa shape index (κ2) is 11.9. The molecule has 0 amide bonds. The Kier molecular flexibility index (Phi) is 9.48. The molecule has 8 heteroatoms. The number of ether oxygens (including phenoxy) is 2. The summed E-state index contributed by atoms with van der Waals surface area (Å²) < 4.78 is 47.3. The van der Waals surface area contributed by atoms with Crippen LogP contribution in [0.4, 0.5) is 0 Å². The van der Waals surface area contributed by atoms with Gasteiger partial charge in [-0.1, -0.05) is 81.4 Å². The Morgan fingerprint density at radius 1 is 0.941 bits per heavy atom. The summed E-state index contributed by atoms with van der Waals surface area (Å²) in [6, 6.07) is 20.8. The lowest BCUT2D eigenvalue weighted by molar-refractivity contribution is -0.171. The second-order valence-electron chi connectivity index (χ2n) is 9.96. The molecule has 0 bridgehead atoms. The highest BCUT2D eigenvalue weighted by Crippen LogP contribution is 2.37. The van der Waals surface area contributed by atoms with Gasteiger partial charge in [0.1, 0.15) is 0 Å². The van der Waals surface area contributed by atoms with E-state index in [9.17, 15) is 8.42 Å². The molecule has 0 aromatic heterocycles. The van der Waals surface area contributed by atoms with Gasteiger partial charge in [-0.25, -0.2) is 0 Å². The van der Waals surface area contributed by atoms with Crippen molar-refractivity contribution in [3.05, 3.63) is 60.7 Å². The van der Waals surface area contributed by atoms with Gasteiger partial charge in [0.2, 0.25) is 0 Å². The Hall–Kier alpha value is -1.55. The van der Waals surface area contributed by atoms with Crippen molar-refractivity contribution in [3.63, 3.8) is 0 Å². The maximum atomic E-state index is 11.7. The van der Waals surface area contributed by atoms with Crippen LogP contribution in [-0.2, 0) is 28.2 Å². The highest BCUT2D eigenvalue weighted by atomic mass is 32.2. The average Bonchev–Trinajstić information content (AvgIpc) is 2.81. The van der Waals surface area contributed by atoms with Crippen molar-refractivity contribution in [1.29, 1.82) is 0 Å². The molecule has 0 saturated carbocycles. The number of hydrogen-bond acceptors (Lipinski definition) is 6. The minimum Gasteiger partial charge on any atom is -0.407 e. The van der Waals surface area contributed by atoms with Crippen LogP contribution < -0.4 is 10.4 Å². The van der Waals surface area contributed by atoms with Gasteiger partial charge in [0, 0.05) is 19.1 Å². The van der Waals surface area contributed by atoms with Crippen molar-refractivity contribution < 1.29 is 26.5 Å². The molecule has 0 spiro atoms. The molecule has 2 aromatic carbocycles. The monoisotopic (exact) mass is 506 g/mol. The number of benzene rings is 2. The molecule has 2 unspecified atom stereocenters. The van der Waals surface area contributed by atoms with E-state index in [2.05, 4.69) is 45.0 Å². The maximum absolute atomic E-state index is 11.7. The van der Waals surface area contributed by atoms with Crippen molar-refractivity contribution in [2.24, 2.45) is 5.92 Å². The largest absolute Gasteiger partial charge is 0.407 e. The predicted octanol–water partition coefficient (Wildman–Crippen LogP) is 3.70. The second-order valence-corrected chi connectivity index (χ2v) is 15.9. The van der Waals surface area contributed by atoms with Gasteiger partial charge in [-0.05, 0) is 34.7 Å². The van der Waals surface area contributed by atoms with E-state index in [4.69, 9.17) is 18.1 Å². The van der Waals surface area contributed by atoms with Gasteiger partial charge in [-0.2, -0.15) is 8.42 Å². The van der Waals surface area contributed by atoms with E-state index in [1.165, 1.54) is 10.4 Å². The van der Waals surface area contributed by atoms with Crippen LogP contribution in [0.1, 0.15) is 40.0 Å². The van der Waals surface area contributed by atoms with E-state index in [1.807, 2.05) is 36.4 Å². The Balaban J connectivity index is 1.88. The summed E-state index contributed by atoms with van der Waals surface area (Å²) in [5.41, 5.74) is 0. The van der Waals surface area contributed by atoms with Crippen LogP contribution in [0.25, 0.3) is 0 Å². The van der Waals surface area contributed by atoms with E-state index < -0.39 is 18.4 Å². The van der Waals surface area contributed by atoms with E-state index in [1.54, 1.807) is 0 Å². The molecule has 34 heavy (non-hydrogen) atoms. The lowest BCUT2D eigenvalue weighted by Gasteiger charge is -2.43. The van der Waals surface area contributed by atoms with Crippen molar-refractivity contribution in [2.45, 2.75) is 51.4 Å². The zero-order chi connectivity index (χ0) is 24.7. The van der Waals surface area contributed by atoms with Crippen LogP contribution in [-0.4, -0.2) is 55.7 Å². The molecule has 0 aliphatic carbocycles. The van der Waals surface area contributed by atoms with E-state index in [0.717, 1.165) is 25.5 Å². The molecule has 3 rings (SSSR count). The minimum atomic E-state index is -3.58. The summed E-state index contributed by atoms with van der Waals surface area (Å²) in [4.78, 5) is 0. The SMILES string of the molecule is CC(C)(C)[Si](OCC(COC1CCCCO1)COS(C)(=O)=O)(c1ccccc1)c1ccccc1. The fourth-order valence-corrected chi connectivity index (χ4v) is 9.54. The fourth-order valence-electron chi connectivity index (χ4n) is 4.45. The lowest BCUT2D eigenvalue weighted by atomic mass is 10.2. The van der Waals surface area contributed by atoms with Gasteiger partial charge in [-0.3, -0.25) is 4.18 Å². The summed E-state index contributed by atoms with van der Waals surface area (Å²) in [5, 5.41) is 2.17. The zero-order valence-electron chi connectivity index (χ0n) is 20.7. The normalized spacial score (nSPS) is 18.5. The highest BCUT2D eigenvalue weighted by molar-refractivity contribution is 7.85. The van der Waals surface area contributed by atoms with E-state index in [-0.39, 0.29) is 23.9 Å². The Bertz CT molecular complexity index is 930. The first-order valence-corrected chi connectivity index (χ1v) is 15.7. The highest BCUT2D eigenvalue weighted by Gasteiger charge is 2.50. The molecule has 188 valence electrons. The minimum absolute atomic E-state index is 0.00373. The third kappa shape index (κ3) is 7.23. The van der Waals surface area contributed by atoms with Crippen LogP contribution in [0, 0.1) is 5.92 Å². The third-order valence-corrected chi connectivity index (χ3v) is 11.7. The van der Waals surface area contributed by atoms with Gasteiger partial charge in [0.05, 0.1) is 19.5 Å². The quantitative estimate of drug-likeness (QED) is 0.342. The molecule has 1 saturated heterocycles. The van der Waals surface area contributed by atoms with Crippen molar-refractivity contribution in [2.75, 3.05) is 32.7 Å². The summed E-state index contributed by atoms with van der Waals surface area (Å²) in [5.74, 6) is -0.262. The van der Waals surface area contributed by atoms with Gasteiger partial charge >= 0.3 is 0 Å². The summed E-state index contributed by atoms with van der Waals surface area (Å²) in [6.07, 6.45) is 3.75. The molecular formula is C26H38O6SSi. The topological polar surface area (TPSA) is 71.1 Å². The third-order valence-electron chi connectivity index (χ3n) is 6.13. The summed E-state index contributed by atoms with van der Waals surface area (Å²) in [7, 11) is -6.33. The Labute approximate surface area is 205 Å². The first-order chi connectivity index (χ1) is 16.1. The number of rotatable bonds is 11. The van der Waals surface area contributed by atoms with Crippen LogP contribution in [0.3, 0.4) is 0 Å². The van der Waals surface area contributed by atoms with Gasteiger partial charge in [0.15, 0.2) is 6.29 Å². The molecule has 1 heterocycles. The van der Waals surface area contributed by atoms with Crippen LogP contribution in [0.15, 0.2) is 60.7 Å². The molecule has 1 aliphatic heterocycles. The molecule has 6 nitrogen and oxygen atoms in total. The van der Waals surface area contributed by atoms with E-state index >= 15 is 0 Å². The molecular weight excluding hydrogens is 468 g/mol. The Morgan fingerprint density at radius 3 is 2.00 bits per heavy atom. The average molecular weight is 507 g/mol. The van der Waals surface area contributed by atoms with Crippen LogP contribution in [0.5, 0.6) is 0 Å². The first-order valence-electron chi connectivity index (χ1n) is 11.9. The summed E-state index contributed by atoms with van der Waals surface area (Å²) in [6.45, 7) is 7.96. The van der Waals surface area contributed by atoms with Gasteiger partial charge < -0.3 is 13.9 Å². The summed E-state index contributed by atoms with van der Waals surface area (Å²) >= 11 is 0. The standard InChI is InChI=1S/C26H38O6SSi/c1-26(2,3)34(23-13-7-5-8-14-23,24-15-9-6-10-16-24)32-21-22(20-31-33(4,27)28)19-30-25-17-11-12-18-29-25/h5-10,13-16,22,25H,11-12,17-21H2,1-4H3. The molecule has 0 N–H and O–H groups in total. The maximum Gasteiger partial charge on any atom is 0.264 e. The van der Waals surface area contributed by atoms with E-state index in [0.29, 0.717) is 19.8 Å². The van der Waals surface area contributed by atoms with Crippen molar-refractivity contribution >= 4 is 28.8 Å². The fraction of sp³-hybridized carbons (Fsp3) is 0.538. The first kappa shape index (κ1) is 27.0. The smallest absolute Gasteiger partial charge is 0.264 e. The molecule has 0 radical (unpaired) electrons. The molecule has 2 aromatic rings. The molecule has 1 fully saturated rings. The van der Waals surface area contributed by atoms with Gasteiger partial charge in [0.25, 0.3) is 18.4 Å². The van der Waals surface area contributed by atoms with Gasteiger partial charge in [-0.15, -0.1) is 0 Å². The predicted molar refractivity (Wildman–Crippen MR) is 137 cm³/mol. The Morgan fingerprint density at radius 2 is 1.53 bits per heavy atom. The molecule has 1 aliphatic rings. The van der Waals surface area contributed by atoms with Crippen molar-refractivity contribution in [1.82, 2.24) is 0 Å². The van der Waals surface area contributed by atoms with Crippen LogP contribution in [0.2, 0.25) is 5.04 Å². The zero-order valence-corrected chi connectivity index (χ0v) is 22.6. The molecule has 2 atom stereocenters.